The zero-order valence-corrected chi connectivity index (χ0v) is 33.4. The van der Waals surface area contributed by atoms with Gasteiger partial charge in [0.25, 0.3) is 6.71 Å². The van der Waals surface area contributed by atoms with Crippen LogP contribution in [0.25, 0.3) is 106 Å². The Morgan fingerprint density at radius 3 is 1.18 bits per heavy atom. The Labute approximate surface area is 357 Å². The fourth-order valence-corrected chi connectivity index (χ4v) is 10.7. The molecule has 9 aromatic carbocycles. The molecule has 0 amide bonds. The quantitative estimate of drug-likeness (QED) is 0.163. The van der Waals surface area contributed by atoms with Gasteiger partial charge in [-0.25, -0.2) is 9.97 Å². The largest absolute Gasteiger partial charge is 0.309 e. The van der Waals surface area contributed by atoms with Crippen LogP contribution in [-0.4, -0.2) is 30.4 Å². The van der Waals surface area contributed by atoms with Crippen LogP contribution in [0.1, 0.15) is 0 Å². The normalized spacial score (nSPS) is 12.5. The molecule has 0 aliphatic carbocycles. The monoisotopic (exact) mass is 787 g/mol. The van der Waals surface area contributed by atoms with E-state index in [1.807, 2.05) is 0 Å². The van der Waals surface area contributed by atoms with Gasteiger partial charge in [-0.15, -0.1) is 0 Å². The summed E-state index contributed by atoms with van der Waals surface area (Å²) >= 11 is 0. The predicted molar refractivity (Wildman–Crippen MR) is 256 cm³/mol. The fourth-order valence-electron chi connectivity index (χ4n) is 10.7. The average Bonchev–Trinajstić information content (AvgIpc) is 4.05. The third-order valence-electron chi connectivity index (χ3n) is 13.3. The van der Waals surface area contributed by atoms with Gasteiger partial charge in [0.2, 0.25) is 0 Å². The van der Waals surface area contributed by atoms with Gasteiger partial charge in [-0.05, 0) is 51.8 Å². The third kappa shape index (κ3) is 4.53. The number of para-hydroxylation sites is 2. The van der Waals surface area contributed by atoms with E-state index in [0.29, 0.717) is 0 Å². The Hall–Kier alpha value is -8.22. The van der Waals surface area contributed by atoms with Crippen LogP contribution >= 0.6 is 0 Å². The summed E-state index contributed by atoms with van der Waals surface area (Å²) in [6, 6.07) is 74.6. The van der Waals surface area contributed by atoms with Gasteiger partial charge < -0.3 is 4.57 Å². The second-order valence-electron chi connectivity index (χ2n) is 16.5. The van der Waals surface area contributed by atoms with Crippen molar-refractivity contribution in [2.45, 2.75) is 0 Å². The first kappa shape index (κ1) is 33.6. The summed E-state index contributed by atoms with van der Waals surface area (Å²) in [7, 11) is 0. The molecule has 0 bridgehead atoms. The minimum absolute atomic E-state index is 0.0764. The molecule has 0 atom stereocenters. The summed E-state index contributed by atoms with van der Waals surface area (Å²) in [5.74, 6) is 1.85. The fraction of sp³-hybridized carbons (Fsp3) is 0. The predicted octanol–water partition coefficient (Wildman–Crippen LogP) is 11.3. The third-order valence-corrected chi connectivity index (χ3v) is 13.3. The van der Waals surface area contributed by atoms with Crippen molar-refractivity contribution in [3.05, 3.63) is 206 Å². The minimum atomic E-state index is -0.0764. The molecule has 0 spiro atoms. The van der Waals surface area contributed by atoms with Crippen molar-refractivity contribution in [3.63, 3.8) is 0 Å². The van der Waals surface area contributed by atoms with E-state index >= 15 is 0 Å². The molecule has 0 radical (unpaired) electrons. The molecule has 5 heterocycles. The van der Waals surface area contributed by atoms with Crippen LogP contribution in [0.4, 0.5) is 0 Å². The van der Waals surface area contributed by atoms with Crippen molar-refractivity contribution in [1.82, 2.24) is 23.7 Å². The highest BCUT2D eigenvalue weighted by Gasteiger charge is 2.43. The molecule has 2 aliphatic heterocycles. The Morgan fingerprint density at radius 1 is 0.355 bits per heavy atom. The molecule has 14 rings (SSSR count). The molecular formula is C56H34BN5. The number of hydrogen-bond acceptors (Lipinski definition) is 2. The van der Waals surface area contributed by atoms with Crippen molar-refractivity contribution >= 4 is 67.0 Å². The van der Waals surface area contributed by atoms with Gasteiger partial charge in [0.1, 0.15) is 11.6 Å². The second kappa shape index (κ2) is 12.6. The summed E-state index contributed by atoms with van der Waals surface area (Å²) in [4.78, 5) is 11.4. The SMILES string of the molecule is c1ccc(-c2ccc3c4c2nc(-c2ccccc2)n4-c2cc(-n4c5ccccc5c5ccccc54)cc4c2B3c2ccc(-c3ccccc3)c3nc(-c5ccccc5)n-4c23)cc1. The number of fused-ring (bicyclic) bond motifs is 7. The Morgan fingerprint density at radius 2 is 0.742 bits per heavy atom. The van der Waals surface area contributed by atoms with Crippen LogP contribution in [0, 0.1) is 0 Å². The van der Waals surface area contributed by atoms with Gasteiger partial charge in [0.05, 0.1) is 38.8 Å². The van der Waals surface area contributed by atoms with Crippen LogP contribution in [-0.2, 0) is 0 Å². The Bertz CT molecular complexity index is 3550. The van der Waals surface area contributed by atoms with Crippen LogP contribution < -0.4 is 16.4 Å². The van der Waals surface area contributed by atoms with E-state index in [-0.39, 0.29) is 6.71 Å². The van der Waals surface area contributed by atoms with E-state index in [1.54, 1.807) is 0 Å². The molecule has 62 heavy (non-hydrogen) atoms. The smallest absolute Gasteiger partial charge is 0.252 e. The first-order valence-electron chi connectivity index (χ1n) is 21.3. The molecule has 6 heteroatoms. The van der Waals surface area contributed by atoms with Crippen molar-refractivity contribution in [2.24, 2.45) is 0 Å². The highest BCUT2D eigenvalue weighted by Crippen LogP contribution is 2.42. The molecule has 0 fully saturated rings. The van der Waals surface area contributed by atoms with Crippen molar-refractivity contribution in [1.29, 1.82) is 0 Å². The molecular weight excluding hydrogens is 753 g/mol. The molecule has 5 nitrogen and oxygen atoms in total. The van der Waals surface area contributed by atoms with Crippen molar-refractivity contribution < 1.29 is 0 Å². The van der Waals surface area contributed by atoms with Crippen LogP contribution in [0.15, 0.2) is 206 Å². The molecule has 2 aliphatic rings. The molecule has 0 saturated carbocycles. The first-order valence-corrected chi connectivity index (χ1v) is 21.3. The number of imidazole rings is 2. The average molecular weight is 788 g/mol. The van der Waals surface area contributed by atoms with Crippen LogP contribution in [0.3, 0.4) is 0 Å². The standard InChI is InChI=1S/C56H34BN5/c1-5-17-35(18-6-1)40-29-31-44-53-51(40)58-55(37-21-9-3-10-22-37)61(53)48-33-39(60-46-27-15-13-25-42(46)43-26-14-16-28-47(43)60)34-49-50(48)57(44)45-32-30-41(36-19-7-2-8-20-36)52-54(45)62(49)56(59-52)38-23-11-4-12-24-38/h1-34H. The van der Waals surface area contributed by atoms with Gasteiger partial charge in [-0.2, -0.15) is 0 Å². The van der Waals surface area contributed by atoms with Crippen molar-refractivity contribution in [2.75, 3.05) is 0 Å². The van der Waals surface area contributed by atoms with Crippen molar-refractivity contribution in [3.8, 4) is 62.1 Å². The van der Waals surface area contributed by atoms with Gasteiger partial charge in [0.15, 0.2) is 0 Å². The van der Waals surface area contributed by atoms with Crippen LogP contribution in [0.2, 0.25) is 0 Å². The maximum Gasteiger partial charge on any atom is 0.252 e. The number of rotatable bonds is 5. The van der Waals surface area contributed by atoms with Gasteiger partial charge >= 0.3 is 0 Å². The lowest BCUT2D eigenvalue weighted by molar-refractivity contribution is 1.06. The number of aromatic nitrogens is 5. The van der Waals surface area contributed by atoms with E-state index in [4.69, 9.17) is 9.97 Å². The second-order valence-corrected chi connectivity index (χ2v) is 16.5. The molecule has 12 aromatic rings. The summed E-state index contributed by atoms with van der Waals surface area (Å²) < 4.78 is 7.40. The lowest BCUT2D eigenvalue weighted by Crippen LogP contribution is -2.59. The zero-order valence-electron chi connectivity index (χ0n) is 33.4. The maximum atomic E-state index is 5.68. The summed E-state index contributed by atoms with van der Waals surface area (Å²) in [5.41, 5.74) is 20.4. The summed E-state index contributed by atoms with van der Waals surface area (Å²) in [6.07, 6.45) is 0. The van der Waals surface area contributed by atoms with E-state index in [9.17, 15) is 0 Å². The van der Waals surface area contributed by atoms with E-state index < -0.39 is 0 Å². The minimum Gasteiger partial charge on any atom is -0.309 e. The molecule has 0 unspecified atom stereocenters. The maximum absolute atomic E-state index is 5.68. The summed E-state index contributed by atoms with van der Waals surface area (Å²) in [6.45, 7) is -0.0764. The highest BCUT2D eigenvalue weighted by molar-refractivity contribution is 7.00. The van der Waals surface area contributed by atoms with Gasteiger partial charge in [0, 0.05) is 44.4 Å². The van der Waals surface area contributed by atoms with E-state index in [2.05, 4.69) is 220 Å². The zero-order chi connectivity index (χ0) is 40.5. The topological polar surface area (TPSA) is 40.6 Å². The summed E-state index contributed by atoms with van der Waals surface area (Å²) in [5, 5.41) is 2.46. The molecule has 0 N–H and O–H groups in total. The Balaban J connectivity index is 1.19. The highest BCUT2D eigenvalue weighted by atomic mass is 15.1. The number of nitrogens with zero attached hydrogens (tertiary/aromatic N) is 5. The van der Waals surface area contributed by atoms with Gasteiger partial charge in [-0.1, -0.05) is 182 Å². The van der Waals surface area contributed by atoms with E-state index in [0.717, 1.165) is 84.2 Å². The number of benzene rings is 9. The first-order chi connectivity index (χ1) is 30.8. The van der Waals surface area contributed by atoms with Crippen LogP contribution in [0.5, 0.6) is 0 Å². The Kier molecular flexibility index (Phi) is 6.85. The van der Waals surface area contributed by atoms with E-state index in [1.165, 1.54) is 38.2 Å². The lowest BCUT2D eigenvalue weighted by atomic mass is 9.34. The lowest BCUT2D eigenvalue weighted by Gasteiger charge is -2.34. The molecule has 3 aromatic heterocycles. The molecule has 286 valence electrons. The number of hydrogen-bond donors (Lipinski definition) is 0. The van der Waals surface area contributed by atoms with Gasteiger partial charge in [-0.3, -0.25) is 9.13 Å². The molecule has 0 saturated heterocycles.